The van der Waals surface area contributed by atoms with Gasteiger partial charge < -0.3 is 5.11 Å². The summed E-state index contributed by atoms with van der Waals surface area (Å²) in [6.07, 6.45) is 2.60. The number of Topliss-reactive ketones (excluding diaryl/α,β-unsaturated/α-hetero) is 2. The molecule has 2 heterocycles. The van der Waals surface area contributed by atoms with Crippen molar-refractivity contribution in [3.05, 3.63) is 51.6 Å². The number of hydrogen-bond donors (Lipinski definition) is 1. The second-order valence-electron chi connectivity index (χ2n) is 5.76. The molecule has 0 radical (unpaired) electrons. The molecule has 2 aromatic rings. The molecule has 0 spiro atoms. The van der Waals surface area contributed by atoms with Crippen LogP contribution in [0.3, 0.4) is 0 Å². The number of aliphatic hydroxyl groups is 1. The molecular formula is C18H18N2O4S. The molecule has 25 heavy (non-hydrogen) atoms. The van der Waals surface area contributed by atoms with Crippen LogP contribution in [0.25, 0.3) is 11.0 Å². The van der Waals surface area contributed by atoms with Gasteiger partial charge in [0.1, 0.15) is 17.0 Å². The van der Waals surface area contributed by atoms with Crippen molar-refractivity contribution >= 4 is 34.4 Å². The zero-order chi connectivity index (χ0) is 18.0. The monoisotopic (exact) mass is 358 g/mol. The smallest absolute Gasteiger partial charge is 0.264 e. The third-order valence-electron chi connectivity index (χ3n) is 4.13. The van der Waals surface area contributed by atoms with Gasteiger partial charge in [0.2, 0.25) is 5.78 Å². The predicted molar refractivity (Wildman–Crippen MR) is 97.0 cm³/mol. The van der Waals surface area contributed by atoms with Crippen LogP contribution in [0.4, 0.5) is 0 Å². The number of pyridine rings is 2. The number of rotatable bonds is 5. The molecule has 0 fully saturated rings. The Morgan fingerprint density at radius 3 is 2.88 bits per heavy atom. The van der Waals surface area contributed by atoms with E-state index in [0.717, 1.165) is 5.75 Å². The number of nitrogens with zero attached hydrogens (tertiary/aromatic N) is 2. The highest BCUT2D eigenvalue weighted by Gasteiger charge is 2.29. The Morgan fingerprint density at radius 2 is 2.16 bits per heavy atom. The Labute approximate surface area is 148 Å². The van der Waals surface area contributed by atoms with Gasteiger partial charge in [-0.25, -0.2) is 4.98 Å². The molecule has 130 valence electrons. The van der Waals surface area contributed by atoms with E-state index in [1.807, 2.05) is 6.92 Å². The molecule has 6 nitrogen and oxygen atoms in total. The molecule has 3 rings (SSSR count). The lowest BCUT2D eigenvalue weighted by Crippen LogP contribution is -2.30. The Morgan fingerprint density at radius 1 is 1.36 bits per heavy atom. The van der Waals surface area contributed by atoms with Crippen molar-refractivity contribution in [3.63, 3.8) is 0 Å². The zero-order valence-corrected chi connectivity index (χ0v) is 14.6. The van der Waals surface area contributed by atoms with E-state index >= 15 is 0 Å². The van der Waals surface area contributed by atoms with E-state index in [-0.39, 0.29) is 29.7 Å². The largest absolute Gasteiger partial charge is 0.511 e. The van der Waals surface area contributed by atoms with Crippen LogP contribution in [0.15, 0.2) is 40.5 Å². The SMILES string of the molecule is CCSCn1c(=O)c(C(=O)C2=C(O)CCCC2=O)cc2cccnc21. The number of carbonyl (C=O) groups excluding carboxylic acids is 2. The van der Waals surface area contributed by atoms with E-state index in [2.05, 4.69) is 4.98 Å². The first-order chi connectivity index (χ1) is 12.0. The minimum absolute atomic E-state index is 0.103. The Bertz CT molecular complexity index is 946. The number of carbonyl (C=O) groups is 2. The van der Waals surface area contributed by atoms with Crippen molar-refractivity contribution in [2.75, 3.05) is 5.75 Å². The lowest BCUT2D eigenvalue weighted by atomic mass is 9.90. The van der Waals surface area contributed by atoms with Crippen molar-refractivity contribution in [3.8, 4) is 0 Å². The third-order valence-corrected chi connectivity index (χ3v) is 4.98. The van der Waals surface area contributed by atoms with Crippen LogP contribution in [0.5, 0.6) is 0 Å². The van der Waals surface area contributed by atoms with Crippen molar-refractivity contribution in [1.29, 1.82) is 0 Å². The topological polar surface area (TPSA) is 89.3 Å². The summed E-state index contributed by atoms with van der Waals surface area (Å²) in [5, 5.41) is 10.6. The summed E-state index contributed by atoms with van der Waals surface area (Å²) in [5.74, 6) is -0.157. The van der Waals surface area contributed by atoms with E-state index in [0.29, 0.717) is 23.3 Å². The number of ketones is 2. The second-order valence-corrected chi connectivity index (χ2v) is 7.00. The average Bonchev–Trinajstić information content (AvgIpc) is 2.60. The maximum atomic E-state index is 12.9. The van der Waals surface area contributed by atoms with Gasteiger partial charge in [-0.05, 0) is 30.4 Å². The number of hydrogen-bond acceptors (Lipinski definition) is 6. The minimum atomic E-state index is -0.701. The minimum Gasteiger partial charge on any atom is -0.511 e. The van der Waals surface area contributed by atoms with E-state index in [9.17, 15) is 19.5 Å². The normalized spacial score (nSPS) is 15.0. The van der Waals surface area contributed by atoms with Crippen molar-refractivity contribution in [2.45, 2.75) is 32.1 Å². The van der Waals surface area contributed by atoms with Gasteiger partial charge in [-0.3, -0.25) is 19.0 Å². The molecule has 0 aliphatic heterocycles. The van der Waals surface area contributed by atoms with Crippen LogP contribution in [-0.2, 0) is 10.7 Å². The molecular weight excluding hydrogens is 340 g/mol. The van der Waals surface area contributed by atoms with Gasteiger partial charge in [0.15, 0.2) is 5.78 Å². The fourth-order valence-electron chi connectivity index (χ4n) is 2.89. The average molecular weight is 358 g/mol. The molecule has 0 saturated carbocycles. The van der Waals surface area contributed by atoms with Gasteiger partial charge in [0.25, 0.3) is 5.56 Å². The quantitative estimate of drug-likeness (QED) is 0.653. The molecule has 2 aromatic heterocycles. The summed E-state index contributed by atoms with van der Waals surface area (Å²) >= 11 is 1.53. The van der Waals surface area contributed by atoms with Crippen molar-refractivity contribution < 1.29 is 14.7 Å². The van der Waals surface area contributed by atoms with Crippen LogP contribution < -0.4 is 5.56 Å². The van der Waals surface area contributed by atoms with Gasteiger partial charge >= 0.3 is 0 Å². The standard InChI is InChI=1S/C18H18N2O4S/c1-2-25-10-20-17-11(5-4-8-19-17)9-12(18(20)24)16(23)15-13(21)6-3-7-14(15)22/h4-5,8-9,21H,2-3,6-7,10H2,1H3. The molecule has 7 heteroatoms. The Kier molecular flexibility index (Phi) is 5.03. The lowest BCUT2D eigenvalue weighted by Gasteiger charge is -2.15. The number of aliphatic hydroxyl groups excluding tert-OH is 1. The number of thioether (sulfide) groups is 1. The molecule has 1 N–H and O–H groups in total. The molecule has 1 aliphatic carbocycles. The maximum Gasteiger partial charge on any atom is 0.264 e. The highest BCUT2D eigenvalue weighted by molar-refractivity contribution is 7.98. The molecule has 0 amide bonds. The molecule has 1 aliphatic rings. The van der Waals surface area contributed by atoms with Crippen LogP contribution in [-0.4, -0.2) is 32.0 Å². The summed E-state index contributed by atoms with van der Waals surface area (Å²) in [5.41, 5.74) is -0.343. The summed E-state index contributed by atoms with van der Waals surface area (Å²) in [7, 11) is 0. The van der Waals surface area contributed by atoms with Gasteiger partial charge in [-0.1, -0.05) is 6.92 Å². The van der Waals surface area contributed by atoms with E-state index in [1.54, 1.807) is 18.3 Å². The number of aromatic nitrogens is 2. The van der Waals surface area contributed by atoms with Crippen LogP contribution in [0, 0.1) is 0 Å². The highest BCUT2D eigenvalue weighted by atomic mass is 32.2. The lowest BCUT2D eigenvalue weighted by molar-refractivity contribution is -0.116. The van der Waals surface area contributed by atoms with Gasteiger partial charge in [-0.2, -0.15) is 0 Å². The van der Waals surface area contributed by atoms with E-state index in [1.165, 1.54) is 22.4 Å². The summed E-state index contributed by atoms with van der Waals surface area (Å²) in [4.78, 5) is 42.0. The fraction of sp³-hybridized carbons (Fsp3) is 0.333. The first kappa shape index (κ1) is 17.4. The first-order valence-corrected chi connectivity index (χ1v) is 9.26. The summed E-state index contributed by atoms with van der Waals surface area (Å²) < 4.78 is 1.45. The molecule has 0 bridgehead atoms. The number of fused-ring (bicyclic) bond motifs is 1. The first-order valence-electron chi connectivity index (χ1n) is 8.11. The van der Waals surface area contributed by atoms with E-state index in [4.69, 9.17) is 0 Å². The summed E-state index contributed by atoms with van der Waals surface area (Å²) in [6, 6.07) is 4.95. The van der Waals surface area contributed by atoms with Gasteiger partial charge in [0, 0.05) is 24.4 Å². The van der Waals surface area contributed by atoms with Gasteiger partial charge in [0.05, 0.1) is 11.4 Å². The summed E-state index contributed by atoms with van der Waals surface area (Å²) in [6.45, 7) is 1.98. The predicted octanol–water partition coefficient (Wildman–Crippen LogP) is 2.85. The van der Waals surface area contributed by atoms with Gasteiger partial charge in [-0.15, -0.1) is 11.8 Å². The Balaban J connectivity index is 2.19. The maximum absolute atomic E-state index is 12.9. The van der Waals surface area contributed by atoms with E-state index < -0.39 is 17.1 Å². The van der Waals surface area contributed by atoms with Crippen molar-refractivity contribution in [1.82, 2.24) is 9.55 Å². The van der Waals surface area contributed by atoms with Crippen LogP contribution in [0.1, 0.15) is 36.5 Å². The molecule has 0 saturated heterocycles. The Hall–Kier alpha value is -2.41. The third kappa shape index (κ3) is 3.24. The second kappa shape index (κ2) is 7.23. The van der Waals surface area contributed by atoms with Crippen LogP contribution >= 0.6 is 11.8 Å². The number of allylic oxidation sites excluding steroid dienone is 2. The van der Waals surface area contributed by atoms with Crippen molar-refractivity contribution in [2.24, 2.45) is 0 Å². The molecule has 0 unspecified atom stereocenters. The van der Waals surface area contributed by atoms with Crippen LogP contribution in [0.2, 0.25) is 0 Å². The zero-order valence-electron chi connectivity index (χ0n) is 13.8. The molecule has 0 atom stereocenters. The highest BCUT2D eigenvalue weighted by Crippen LogP contribution is 2.23. The molecule has 0 aromatic carbocycles. The fourth-order valence-corrected chi connectivity index (χ4v) is 3.50.